The van der Waals surface area contributed by atoms with Crippen LogP contribution in [0, 0.1) is 12.7 Å². The molecule has 21 heavy (non-hydrogen) atoms. The smallest absolute Gasteiger partial charge is 0.338 e. The van der Waals surface area contributed by atoms with Crippen molar-refractivity contribution in [3.63, 3.8) is 0 Å². The normalized spacial score (nSPS) is 14.0. The van der Waals surface area contributed by atoms with Gasteiger partial charge in [-0.3, -0.25) is 0 Å². The molecular weight excluding hydrogens is 271 g/mol. The van der Waals surface area contributed by atoms with Crippen molar-refractivity contribution in [1.82, 2.24) is 9.55 Å². The highest BCUT2D eigenvalue weighted by Crippen LogP contribution is 2.23. The van der Waals surface area contributed by atoms with Crippen molar-refractivity contribution in [3.8, 4) is 0 Å². The molecule has 0 fully saturated rings. The number of halogens is 1. The van der Waals surface area contributed by atoms with Crippen LogP contribution in [0.15, 0.2) is 18.2 Å². The van der Waals surface area contributed by atoms with Crippen LogP contribution in [0.5, 0.6) is 0 Å². The third kappa shape index (κ3) is 2.55. The van der Waals surface area contributed by atoms with Gasteiger partial charge in [0.05, 0.1) is 11.3 Å². The van der Waals surface area contributed by atoms with E-state index in [0.29, 0.717) is 6.54 Å². The molecule has 0 aliphatic heterocycles. The maximum atomic E-state index is 13.8. The number of hydrogen-bond donors (Lipinski definition) is 1. The van der Waals surface area contributed by atoms with Crippen molar-refractivity contribution < 1.29 is 14.3 Å². The zero-order valence-corrected chi connectivity index (χ0v) is 11.9. The van der Waals surface area contributed by atoms with Gasteiger partial charge < -0.3 is 9.67 Å². The number of carboxylic acid groups (broad SMARTS) is 1. The van der Waals surface area contributed by atoms with Gasteiger partial charge in [-0.25, -0.2) is 14.2 Å². The third-order valence-electron chi connectivity index (χ3n) is 4.03. The minimum atomic E-state index is -1.24. The van der Waals surface area contributed by atoms with E-state index in [1.165, 1.54) is 24.2 Å². The van der Waals surface area contributed by atoms with Gasteiger partial charge in [0.15, 0.2) is 0 Å². The zero-order chi connectivity index (χ0) is 15.0. The molecule has 2 aromatic rings. The monoisotopic (exact) mass is 288 g/mol. The van der Waals surface area contributed by atoms with Crippen LogP contribution in [-0.4, -0.2) is 20.6 Å². The predicted molar refractivity (Wildman–Crippen MR) is 76.1 cm³/mol. The van der Waals surface area contributed by atoms with E-state index in [-0.39, 0.29) is 5.56 Å². The fraction of sp³-hybridized carbons (Fsp3) is 0.375. The number of aromatic nitrogens is 2. The van der Waals surface area contributed by atoms with Crippen LogP contribution >= 0.6 is 0 Å². The van der Waals surface area contributed by atoms with Crippen LogP contribution in [0.3, 0.4) is 0 Å². The standard InChI is InChI=1S/C16H17FN2O2/c1-10-18-14-4-2-3-5-15(14)19(10)9-11-6-7-12(16(20)21)13(17)8-11/h6-8H,2-5,9H2,1H3,(H,20,21). The molecule has 1 aliphatic carbocycles. The fourth-order valence-corrected chi connectivity index (χ4v) is 2.96. The van der Waals surface area contributed by atoms with E-state index in [2.05, 4.69) is 9.55 Å². The van der Waals surface area contributed by atoms with Gasteiger partial charge in [0, 0.05) is 12.2 Å². The molecule has 0 radical (unpaired) electrons. The Kier molecular flexibility index (Phi) is 3.49. The molecule has 0 amide bonds. The summed E-state index contributed by atoms with van der Waals surface area (Å²) in [4.78, 5) is 15.4. The largest absolute Gasteiger partial charge is 0.478 e. The molecule has 5 heteroatoms. The second kappa shape index (κ2) is 5.31. The Morgan fingerprint density at radius 2 is 2.14 bits per heavy atom. The zero-order valence-electron chi connectivity index (χ0n) is 11.9. The molecule has 1 aromatic carbocycles. The van der Waals surface area contributed by atoms with Gasteiger partial charge in [-0.1, -0.05) is 6.07 Å². The maximum Gasteiger partial charge on any atom is 0.338 e. The number of rotatable bonds is 3. The number of aromatic carboxylic acids is 1. The molecule has 0 saturated heterocycles. The van der Waals surface area contributed by atoms with E-state index in [1.54, 1.807) is 6.07 Å². The summed E-state index contributed by atoms with van der Waals surface area (Å²) in [6.07, 6.45) is 4.34. The molecule has 1 heterocycles. The van der Waals surface area contributed by atoms with Crippen LogP contribution in [-0.2, 0) is 19.4 Å². The molecule has 0 bridgehead atoms. The van der Waals surface area contributed by atoms with Crippen molar-refractivity contribution >= 4 is 5.97 Å². The van der Waals surface area contributed by atoms with Crippen LogP contribution in [0.1, 0.15) is 46.0 Å². The number of benzene rings is 1. The van der Waals surface area contributed by atoms with Gasteiger partial charge in [0.1, 0.15) is 11.6 Å². The van der Waals surface area contributed by atoms with Crippen LogP contribution in [0.25, 0.3) is 0 Å². The van der Waals surface area contributed by atoms with Crippen molar-refractivity contribution in [2.75, 3.05) is 0 Å². The van der Waals surface area contributed by atoms with Gasteiger partial charge in [-0.15, -0.1) is 0 Å². The lowest BCUT2D eigenvalue weighted by atomic mass is 10.0. The number of aryl methyl sites for hydroxylation is 2. The second-order valence-corrected chi connectivity index (χ2v) is 5.47. The molecule has 0 unspecified atom stereocenters. The van der Waals surface area contributed by atoms with Crippen LogP contribution < -0.4 is 0 Å². The lowest BCUT2D eigenvalue weighted by Crippen LogP contribution is -2.11. The van der Waals surface area contributed by atoms with Crippen LogP contribution in [0.4, 0.5) is 4.39 Å². The van der Waals surface area contributed by atoms with E-state index in [0.717, 1.165) is 36.3 Å². The van der Waals surface area contributed by atoms with Crippen molar-refractivity contribution in [2.24, 2.45) is 0 Å². The van der Waals surface area contributed by atoms with Crippen molar-refractivity contribution in [1.29, 1.82) is 0 Å². The molecule has 1 N–H and O–H groups in total. The summed E-state index contributed by atoms with van der Waals surface area (Å²) in [7, 11) is 0. The van der Waals surface area contributed by atoms with Gasteiger partial charge in [-0.2, -0.15) is 0 Å². The Bertz CT molecular complexity index is 707. The number of carboxylic acids is 1. The van der Waals surface area contributed by atoms with Gasteiger partial charge in [0.2, 0.25) is 0 Å². The Hall–Kier alpha value is -2.17. The topological polar surface area (TPSA) is 55.1 Å². The predicted octanol–water partition coefficient (Wildman–Crippen LogP) is 2.96. The number of fused-ring (bicyclic) bond motifs is 1. The molecule has 110 valence electrons. The summed E-state index contributed by atoms with van der Waals surface area (Å²) in [6.45, 7) is 2.49. The maximum absolute atomic E-state index is 13.8. The minimum absolute atomic E-state index is 0.289. The Morgan fingerprint density at radius 1 is 1.38 bits per heavy atom. The van der Waals surface area contributed by atoms with E-state index in [9.17, 15) is 9.18 Å². The first-order valence-corrected chi connectivity index (χ1v) is 7.13. The molecule has 4 nitrogen and oxygen atoms in total. The highest BCUT2D eigenvalue weighted by atomic mass is 19.1. The SMILES string of the molecule is Cc1nc2c(n1Cc1ccc(C(=O)O)c(F)c1)CCCC2. The third-order valence-corrected chi connectivity index (χ3v) is 4.03. The van der Waals surface area contributed by atoms with Gasteiger partial charge >= 0.3 is 5.97 Å². The summed E-state index contributed by atoms with van der Waals surface area (Å²) < 4.78 is 15.9. The number of carbonyl (C=O) groups is 1. The summed E-state index contributed by atoms with van der Waals surface area (Å²) in [5.41, 5.74) is 2.86. The summed E-state index contributed by atoms with van der Waals surface area (Å²) in [6, 6.07) is 4.30. The van der Waals surface area contributed by atoms with Crippen molar-refractivity contribution in [2.45, 2.75) is 39.2 Å². The van der Waals surface area contributed by atoms with E-state index < -0.39 is 11.8 Å². The minimum Gasteiger partial charge on any atom is -0.478 e. The Morgan fingerprint density at radius 3 is 2.86 bits per heavy atom. The summed E-state index contributed by atoms with van der Waals surface area (Å²) in [5, 5.41) is 8.86. The quantitative estimate of drug-likeness (QED) is 0.944. The van der Waals surface area contributed by atoms with Crippen molar-refractivity contribution in [3.05, 3.63) is 52.4 Å². The number of imidazole rings is 1. The summed E-state index contributed by atoms with van der Waals surface area (Å²) in [5.74, 6) is -0.994. The van der Waals surface area contributed by atoms with E-state index in [1.807, 2.05) is 6.92 Å². The fourth-order valence-electron chi connectivity index (χ4n) is 2.96. The van der Waals surface area contributed by atoms with Gasteiger partial charge in [-0.05, 0) is 50.3 Å². The van der Waals surface area contributed by atoms with Crippen LogP contribution in [0.2, 0.25) is 0 Å². The Balaban J connectivity index is 1.92. The lowest BCUT2D eigenvalue weighted by molar-refractivity contribution is 0.0692. The molecule has 1 aliphatic rings. The molecule has 0 atom stereocenters. The first-order chi connectivity index (χ1) is 10.1. The highest BCUT2D eigenvalue weighted by molar-refractivity contribution is 5.87. The molecule has 1 aromatic heterocycles. The second-order valence-electron chi connectivity index (χ2n) is 5.47. The molecule has 0 spiro atoms. The molecular formula is C16H17FN2O2. The first kappa shape index (κ1) is 13.8. The number of nitrogens with zero attached hydrogens (tertiary/aromatic N) is 2. The summed E-state index contributed by atoms with van der Waals surface area (Å²) >= 11 is 0. The molecule has 3 rings (SSSR count). The number of hydrogen-bond acceptors (Lipinski definition) is 2. The Labute approximate surface area is 122 Å². The van der Waals surface area contributed by atoms with E-state index >= 15 is 0 Å². The first-order valence-electron chi connectivity index (χ1n) is 7.13. The van der Waals surface area contributed by atoms with E-state index in [4.69, 9.17) is 5.11 Å². The molecule has 0 saturated carbocycles. The highest BCUT2D eigenvalue weighted by Gasteiger charge is 2.18. The lowest BCUT2D eigenvalue weighted by Gasteiger charge is -2.15. The average molecular weight is 288 g/mol. The average Bonchev–Trinajstić information content (AvgIpc) is 2.75. The van der Waals surface area contributed by atoms with Gasteiger partial charge in [0.25, 0.3) is 0 Å².